The van der Waals surface area contributed by atoms with E-state index in [2.05, 4.69) is 0 Å². The van der Waals surface area contributed by atoms with Gasteiger partial charge in [-0.15, -0.1) is 0 Å². The lowest BCUT2D eigenvalue weighted by atomic mass is 9.88. The van der Waals surface area contributed by atoms with E-state index in [9.17, 15) is 13.9 Å². The van der Waals surface area contributed by atoms with E-state index in [4.69, 9.17) is 0 Å². The fourth-order valence-electron chi connectivity index (χ4n) is 2.15. The van der Waals surface area contributed by atoms with Gasteiger partial charge in [0.1, 0.15) is 11.6 Å². The molecule has 2 aromatic rings. The molecule has 0 bridgehead atoms. The SMILES string of the molecule is Cc1cc(F)cc(C(C)(O)Cc2ccc(F)cc2)c1. The molecular weight excluding hydrogens is 246 g/mol. The fourth-order valence-corrected chi connectivity index (χ4v) is 2.15. The average molecular weight is 262 g/mol. The number of hydrogen-bond donors (Lipinski definition) is 1. The third kappa shape index (κ3) is 3.38. The van der Waals surface area contributed by atoms with Gasteiger partial charge in [0.2, 0.25) is 0 Å². The lowest BCUT2D eigenvalue weighted by Crippen LogP contribution is -2.24. The monoisotopic (exact) mass is 262 g/mol. The average Bonchev–Trinajstić information content (AvgIpc) is 2.31. The molecule has 1 atom stereocenters. The summed E-state index contributed by atoms with van der Waals surface area (Å²) in [6.45, 7) is 3.41. The number of halogens is 2. The summed E-state index contributed by atoms with van der Waals surface area (Å²) in [5, 5.41) is 10.5. The molecule has 3 heteroatoms. The highest BCUT2D eigenvalue weighted by Gasteiger charge is 2.24. The van der Waals surface area contributed by atoms with Crippen LogP contribution in [0.4, 0.5) is 8.78 Å². The molecule has 0 heterocycles. The van der Waals surface area contributed by atoms with Crippen LogP contribution in [0.2, 0.25) is 0 Å². The Morgan fingerprint density at radius 2 is 1.63 bits per heavy atom. The summed E-state index contributed by atoms with van der Waals surface area (Å²) in [5.74, 6) is -0.681. The molecule has 0 spiro atoms. The van der Waals surface area contributed by atoms with Crippen LogP contribution < -0.4 is 0 Å². The second-order valence-electron chi connectivity index (χ2n) is 5.09. The Morgan fingerprint density at radius 3 is 2.21 bits per heavy atom. The zero-order valence-corrected chi connectivity index (χ0v) is 11.0. The number of rotatable bonds is 3. The first kappa shape index (κ1) is 13.7. The summed E-state index contributed by atoms with van der Waals surface area (Å²) in [6, 6.07) is 10.4. The van der Waals surface area contributed by atoms with Crippen LogP contribution >= 0.6 is 0 Å². The maximum absolute atomic E-state index is 13.4. The van der Waals surface area contributed by atoms with Crippen molar-refractivity contribution in [2.24, 2.45) is 0 Å². The van der Waals surface area contributed by atoms with E-state index in [1.807, 2.05) is 0 Å². The van der Waals surface area contributed by atoms with Gasteiger partial charge in [0.15, 0.2) is 0 Å². The number of hydrogen-bond acceptors (Lipinski definition) is 1. The van der Waals surface area contributed by atoms with E-state index in [1.54, 1.807) is 32.0 Å². The van der Waals surface area contributed by atoms with Crippen LogP contribution in [0.25, 0.3) is 0 Å². The van der Waals surface area contributed by atoms with Gasteiger partial charge in [-0.2, -0.15) is 0 Å². The van der Waals surface area contributed by atoms with Gasteiger partial charge in [-0.25, -0.2) is 8.78 Å². The molecule has 0 saturated heterocycles. The first-order chi connectivity index (χ1) is 8.87. The molecule has 1 unspecified atom stereocenters. The molecule has 1 nitrogen and oxygen atoms in total. The zero-order chi connectivity index (χ0) is 14.0. The first-order valence-electron chi connectivity index (χ1n) is 6.11. The predicted octanol–water partition coefficient (Wildman–Crippen LogP) is 3.72. The molecule has 2 aromatic carbocycles. The van der Waals surface area contributed by atoms with Gasteiger partial charge in [-0.3, -0.25) is 0 Å². The van der Waals surface area contributed by atoms with Crippen molar-refractivity contribution in [2.45, 2.75) is 25.9 Å². The number of aliphatic hydroxyl groups is 1. The lowest BCUT2D eigenvalue weighted by molar-refractivity contribution is 0.0572. The van der Waals surface area contributed by atoms with E-state index in [-0.39, 0.29) is 11.6 Å². The Morgan fingerprint density at radius 1 is 1.00 bits per heavy atom. The van der Waals surface area contributed by atoms with Crippen LogP contribution in [0.15, 0.2) is 42.5 Å². The molecule has 0 saturated carbocycles. The molecule has 0 fully saturated rings. The van der Waals surface area contributed by atoms with Crippen molar-refractivity contribution in [2.75, 3.05) is 0 Å². The molecule has 0 aliphatic carbocycles. The standard InChI is InChI=1S/C16H16F2O/c1-11-7-13(9-15(18)8-11)16(2,19)10-12-3-5-14(17)6-4-12/h3-9,19H,10H2,1-2H3. The Bertz CT molecular complexity index is 554. The molecule has 0 radical (unpaired) electrons. The normalized spacial score (nSPS) is 14.2. The van der Waals surface area contributed by atoms with Crippen LogP contribution in [0.3, 0.4) is 0 Å². The van der Waals surface area contributed by atoms with Crippen LogP contribution in [-0.2, 0) is 12.0 Å². The Kier molecular flexibility index (Phi) is 3.67. The second-order valence-corrected chi connectivity index (χ2v) is 5.09. The van der Waals surface area contributed by atoms with Crippen LogP contribution in [0.1, 0.15) is 23.6 Å². The highest BCUT2D eigenvalue weighted by Crippen LogP contribution is 2.27. The minimum atomic E-state index is -1.19. The van der Waals surface area contributed by atoms with Gasteiger partial charge in [-0.1, -0.05) is 18.2 Å². The van der Waals surface area contributed by atoms with Gasteiger partial charge in [0, 0.05) is 6.42 Å². The van der Waals surface area contributed by atoms with Crippen molar-refractivity contribution in [3.8, 4) is 0 Å². The molecule has 100 valence electrons. The molecule has 0 aromatic heterocycles. The number of benzene rings is 2. The van der Waals surface area contributed by atoms with Gasteiger partial charge < -0.3 is 5.11 Å². The fraction of sp³-hybridized carbons (Fsp3) is 0.250. The summed E-state index contributed by atoms with van der Waals surface area (Å²) >= 11 is 0. The first-order valence-corrected chi connectivity index (χ1v) is 6.11. The predicted molar refractivity (Wildman–Crippen MR) is 70.8 cm³/mol. The van der Waals surface area contributed by atoms with Gasteiger partial charge in [0.25, 0.3) is 0 Å². The van der Waals surface area contributed by atoms with Crippen molar-refractivity contribution in [1.29, 1.82) is 0 Å². The highest BCUT2D eigenvalue weighted by atomic mass is 19.1. The quantitative estimate of drug-likeness (QED) is 0.893. The van der Waals surface area contributed by atoms with Gasteiger partial charge in [0.05, 0.1) is 5.60 Å². The zero-order valence-electron chi connectivity index (χ0n) is 11.0. The highest BCUT2D eigenvalue weighted by molar-refractivity contribution is 5.30. The van der Waals surface area contributed by atoms with Crippen molar-refractivity contribution < 1.29 is 13.9 Å². The summed E-state index contributed by atoms with van der Waals surface area (Å²) in [7, 11) is 0. The molecular formula is C16H16F2O. The largest absolute Gasteiger partial charge is 0.385 e. The smallest absolute Gasteiger partial charge is 0.123 e. The van der Waals surface area contributed by atoms with Crippen LogP contribution in [-0.4, -0.2) is 5.11 Å². The van der Waals surface area contributed by atoms with E-state index >= 15 is 0 Å². The molecule has 1 N–H and O–H groups in total. The summed E-state index contributed by atoms with van der Waals surface area (Å²) in [5.41, 5.74) is 0.891. The molecule has 0 aliphatic rings. The molecule has 0 amide bonds. The van der Waals surface area contributed by atoms with Crippen LogP contribution in [0, 0.1) is 18.6 Å². The van der Waals surface area contributed by atoms with Crippen molar-refractivity contribution in [1.82, 2.24) is 0 Å². The van der Waals surface area contributed by atoms with Crippen molar-refractivity contribution in [3.63, 3.8) is 0 Å². The third-order valence-electron chi connectivity index (χ3n) is 3.13. The van der Waals surface area contributed by atoms with Crippen LogP contribution in [0.5, 0.6) is 0 Å². The Labute approximate surface area is 111 Å². The molecule has 2 rings (SSSR count). The Balaban J connectivity index is 2.28. The third-order valence-corrected chi connectivity index (χ3v) is 3.13. The van der Waals surface area contributed by atoms with Gasteiger partial charge in [-0.05, 0) is 54.8 Å². The second kappa shape index (κ2) is 5.10. The Hall–Kier alpha value is -1.74. The van der Waals surface area contributed by atoms with E-state index in [0.29, 0.717) is 12.0 Å². The topological polar surface area (TPSA) is 20.2 Å². The maximum atomic E-state index is 13.4. The summed E-state index contributed by atoms with van der Waals surface area (Å²) < 4.78 is 26.2. The minimum Gasteiger partial charge on any atom is -0.385 e. The molecule has 0 aliphatic heterocycles. The number of aryl methyl sites for hydroxylation is 1. The summed E-state index contributed by atoms with van der Waals surface area (Å²) in [6.07, 6.45) is 0.302. The van der Waals surface area contributed by atoms with E-state index < -0.39 is 5.60 Å². The van der Waals surface area contributed by atoms with E-state index in [0.717, 1.165) is 11.1 Å². The lowest BCUT2D eigenvalue weighted by Gasteiger charge is -2.24. The molecule has 19 heavy (non-hydrogen) atoms. The minimum absolute atomic E-state index is 0.302. The van der Waals surface area contributed by atoms with Crippen molar-refractivity contribution in [3.05, 3.63) is 70.8 Å². The van der Waals surface area contributed by atoms with E-state index in [1.165, 1.54) is 24.3 Å². The summed E-state index contributed by atoms with van der Waals surface area (Å²) in [4.78, 5) is 0. The van der Waals surface area contributed by atoms with Crippen molar-refractivity contribution >= 4 is 0 Å². The maximum Gasteiger partial charge on any atom is 0.123 e. The van der Waals surface area contributed by atoms with Gasteiger partial charge >= 0.3 is 0 Å².